The minimum absolute atomic E-state index is 0.0564. The van der Waals surface area contributed by atoms with Gasteiger partial charge in [0.05, 0.1) is 22.0 Å². The maximum Gasteiger partial charge on any atom is 0.338 e. The molecule has 0 aliphatic heterocycles. The zero-order chi connectivity index (χ0) is 15.7. The summed E-state index contributed by atoms with van der Waals surface area (Å²) < 4.78 is 7.65. The first-order valence-electron chi connectivity index (χ1n) is 6.22. The molecule has 0 aliphatic carbocycles. The Bertz CT molecular complexity index is 713. The molecule has 2 rings (SSSR count). The Morgan fingerprint density at radius 1 is 1.48 bits per heavy atom. The van der Waals surface area contributed by atoms with Crippen molar-refractivity contribution < 1.29 is 9.53 Å². The highest BCUT2D eigenvalue weighted by Gasteiger charge is 2.17. The fourth-order valence-electron chi connectivity index (χ4n) is 1.96. The van der Waals surface area contributed by atoms with E-state index in [0.29, 0.717) is 33.2 Å². The number of nitrogens with zero attached hydrogens (tertiary/aromatic N) is 2. The average Bonchev–Trinajstić information content (AvgIpc) is 2.65. The minimum Gasteiger partial charge on any atom is -0.456 e. The second-order valence-electron chi connectivity index (χ2n) is 4.71. The molecule has 7 heteroatoms. The van der Waals surface area contributed by atoms with E-state index >= 15 is 0 Å². The quantitative estimate of drug-likeness (QED) is 0.662. The molecular formula is C14H15BrClN3O2. The second kappa shape index (κ2) is 6.07. The van der Waals surface area contributed by atoms with E-state index in [1.807, 2.05) is 0 Å². The zero-order valence-electron chi connectivity index (χ0n) is 11.9. The van der Waals surface area contributed by atoms with E-state index in [9.17, 15) is 4.79 Å². The molecule has 2 aromatic rings. The summed E-state index contributed by atoms with van der Waals surface area (Å²) in [7, 11) is 1.75. The Hall–Kier alpha value is -1.53. The van der Waals surface area contributed by atoms with Gasteiger partial charge in [-0.05, 0) is 31.5 Å². The fraction of sp³-hybridized carbons (Fsp3) is 0.286. The summed E-state index contributed by atoms with van der Waals surface area (Å²) in [5.74, 6) is -0.449. The Morgan fingerprint density at radius 3 is 2.71 bits per heavy atom. The smallest absolute Gasteiger partial charge is 0.338 e. The monoisotopic (exact) mass is 371 g/mol. The highest BCUT2D eigenvalue weighted by molar-refractivity contribution is 9.10. The van der Waals surface area contributed by atoms with Crippen LogP contribution in [0.4, 0.5) is 5.69 Å². The topological polar surface area (TPSA) is 70.1 Å². The van der Waals surface area contributed by atoms with Crippen LogP contribution in [-0.2, 0) is 18.4 Å². The maximum atomic E-state index is 12.2. The van der Waals surface area contributed by atoms with Crippen LogP contribution in [0.1, 0.15) is 27.3 Å². The van der Waals surface area contributed by atoms with Gasteiger partial charge in [-0.15, -0.1) is 0 Å². The Balaban J connectivity index is 2.19. The molecule has 112 valence electrons. The van der Waals surface area contributed by atoms with Gasteiger partial charge in [-0.2, -0.15) is 5.10 Å². The molecule has 1 aromatic heterocycles. The van der Waals surface area contributed by atoms with Crippen molar-refractivity contribution in [2.75, 3.05) is 5.73 Å². The third kappa shape index (κ3) is 3.22. The van der Waals surface area contributed by atoms with Crippen molar-refractivity contribution in [3.8, 4) is 0 Å². The molecule has 0 bridgehead atoms. The van der Waals surface area contributed by atoms with Crippen LogP contribution in [-0.4, -0.2) is 15.7 Å². The number of anilines is 1. The van der Waals surface area contributed by atoms with Crippen LogP contribution in [0.25, 0.3) is 0 Å². The number of hydrogen-bond donors (Lipinski definition) is 1. The molecule has 0 unspecified atom stereocenters. The largest absolute Gasteiger partial charge is 0.456 e. The van der Waals surface area contributed by atoms with Crippen molar-refractivity contribution in [1.82, 2.24) is 9.78 Å². The van der Waals surface area contributed by atoms with E-state index in [2.05, 4.69) is 21.0 Å². The van der Waals surface area contributed by atoms with Gasteiger partial charge in [0, 0.05) is 17.2 Å². The second-order valence-corrected chi connectivity index (χ2v) is 6.01. The standard InChI is InChI=1S/C14H15BrClN3O2/c1-7-10(4-9(15)5-11(7)17)14(20)21-6-12-13(16)8(2)18-19(12)3/h4-5H,6,17H2,1-3H3. The molecule has 5 nitrogen and oxygen atoms in total. The highest BCUT2D eigenvalue weighted by Crippen LogP contribution is 2.25. The summed E-state index contributed by atoms with van der Waals surface area (Å²) in [6.45, 7) is 3.63. The van der Waals surface area contributed by atoms with Crippen LogP contribution in [0.3, 0.4) is 0 Å². The van der Waals surface area contributed by atoms with Gasteiger partial charge >= 0.3 is 5.97 Å². The summed E-state index contributed by atoms with van der Waals surface area (Å²) >= 11 is 9.44. The molecular weight excluding hydrogens is 358 g/mol. The van der Waals surface area contributed by atoms with E-state index < -0.39 is 5.97 Å². The van der Waals surface area contributed by atoms with Crippen LogP contribution in [0.5, 0.6) is 0 Å². The van der Waals surface area contributed by atoms with Crippen molar-refractivity contribution in [3.63, 3.8) is 0 Å². The Labute approximate surface area is 136 Å². The van der Waals surface area contributed by atoms with Gasteiger partial charge in [-0.3, -0.25) is 4.68 Å². The van der Waals surface area contributed by atoms with E-state index in [0.717, 1.165) is 4.47 Å². The zero-order valence-corrected chi connectivity index (χ0v) is 14.2. The number of carbonyl (C=O) groups is 1. The summed E-state index contributed by atoms with van der Waals surface area (Å²) in [6, 6.07) is 3.43. The van der Waals surface area contributed by atoms with Crippen LogP contribution in [0.15, 0.2) is 16.6 Å². The van der Waals surface area contributed by atoms with Gasteiger partial charge in [0.15, 0.2) is 0 Å². The average molecular weight is 373 g/mol. The molecule has 0 saturated heterocycles. The molecule has 0 fully saturated rings. The number of benzene rings is 1. The van der Waals surface area contributed by atoms with Gasteiger partial charge in [0.1, 0.15) is 6.61 Å². The number of aryl methyl sites for hydroxylation is 2. The first-order valence-corrected chi connectivity index (χ1v) is 7.39. The van der Waals surface area contributed by atoms with E-state index in [1.165, 1.54) is 0 Å². The lowest BCUT2D eigenvalue weighted by Crippen LogP contribution is -2.10. The minimum atomic E-state index is -0.449. The lowest BCUT2D eigenvalue weighted by atomic mass is 10.1. The van der Waals surface area contributed by atoms with Crippen molar-refractivity contribution in [3.05, 3.63) is 44.1 Å². The van der Waals surface area contributed by atoms with Crippen LogP contribution in [0.2, 0.25) is 5.02 Å². The fourth-order valence-corrected chi connectivity index (χ4v) is 2.65. The number of ether oxygens (including phenoxy) is 1. The third-order valence-corrected chi connectivity index (χ3v) is 4.18. The van der Waals surface area contributed by atoms with Crippen molar-refractivity contribution in [2.24, 2.45) is 7.05 Å². The van der Waals surface area contributed by atoms with Crippen LogP contribution < -0.4 is 5.73 Å². The molecule has 0 radical (unpaired) electrons. The van der Waals surface area contributed by atoms with E-state index in [-0.39, 0.29) is 6.61 Å². The summed E-state index contributed by atoms with van der Waals surface area (Å²) in [6.07, 6.45) is 0. The first kappa shape index (κ1) is 15.9. The number of hydrogen-bond acceptors (Lipinski definition) is 4. The number of aromatic nitrogens is 2. The molecule has 2 N–H and O–H groups in total. The molecule has 21 heavy (non-hydrogen) atoms. The molecule has 0 amide bonds. The van der Waals surface area contributed by atoms with Crippen LogP contribution >= 0.6 is 27.5 Å². The number of rotatable bonds is 3. The normalized spacial score (nSPS) is 10.7. The number of nitrogens with two attached hydrogens (primary N) is 1. The number of carbonyl (C=O) groups excluding carboxylic acids is 1. The number of nitrogen functional groups attached to an aromatic ring is 1. The van der Waals surface area contributed by atoms with Crippen molar-refractivity contribution in [1.29, 1.82) is 0 Å². The predicted molar refractivity (Wildman–Crippen MR) is 85.4 cm³/mol. The molecule has 1 aromatic carbocycles. The predicted octanol–water partition coefficient (Wildman–Crippen LogP) is 3.39. The van der Waals surface area contributed by atoms with Gasteiger partial charge in [-0.1, -0.05) is 27.5 Å². The SMILES string of the molecule is Cc1nn(C)c(COC(=O)c2cc(Br)cc(N)c2C)c1Cl. The molecule has 0 atom stereocenters. The summed E-state index contributed by atoms with van der Waals surface area (Å²) in [5, 5.41) is 4.68. The lowest BCUT2D eigenvalue weighted by molar-refractivity contribution is 0.0463. The van der Waals surface area contributed by atoms with Crippen molar-refractivity contribution >= 4 is 39.2 Å². The Kier molecular flexibility index (Phi) is 4.58. The van der Waals surface area contributed by atoms with Crippen LogP contribution in [0, 0.1) is 13.8 Å². The summed E-state index contributed by atoms with van der Waals surface area (Å²) in [5.41, 5.74) is 8.85. The van der Waals surface area contributed by atoms with Gasteiger partial charge in [0.2, 0.25) is 0 Å². The van der Waals surface area contributed by atoms with Gasteiger partial charge < -0.3 is 10.5 Å². The third-order valence-electron chi connectivity index (χ3n) is 3.23. The number of esters is 1. The van der Waals surface area contributed by atoms with E-state index in [1.54, 1.807) is 37.7 Å². The highest BCUT2D eigenvalue weighted by atomic mass is 79.9. The summed E-state index contributed by atoms with van der Waals surface area (Å²) in [4.78, 5) is 12.2. The molecule has 0 aliphatic rings. The van der Waals surface area contributed by atoms with Gasteiger partial charge in [-0.25, -0.2) is 4.79 Å². The lowest BCUT2D eigenvalue weighted by Gasteiger charge is -2.10. The maximum absolute atomic E-state index is 12.2. The van der Waals surface area contributed by atoms with Gasteiger partial charge in [0.25, 0.3) is 0 Å². The number of halogens is 2. The first-order chi connectivity index (χ1) is 9.81. The van der Waals surface area contributed by atoms with E-state index in [4.69, 9.17) is 22.1 Å². The van der Waals surface area contributed by atoms with Crippen molar-refractivity contribution in [2.45, 2.75) is 20.5 Å². The Morgan fingerprint density at radius 2 is 2.14 bits per heavy atom. The molecule has 1 heterocycles. The molecule has 0 spiro atoms. The molecule has 0 saturated carbocycles.